The van der Waals surface area contributed by atoms with Crippen molar-refractivity contribution in [3.8, 4) is 0 Å². The Hall–Kier alpha value is -1.12. The monoisotopic (exact) mass is 231 g/mol. The number of benzene rings is 1. The molecule has 1 aromatic rings. The summed E-state index contributed by atoms with van der Waals surface area (Å²) in [6, 6.07) is 10.5. The molecule has 1 aromatic carbocycles. The second-order valence-corrected chi connectivity index (χ2v) is 4.98. The normalized spacial score (nSPS) is 20.1. The van der Waals surface area contributed by atoms with Crippen molar-refractivity contribution in [2.75, 3.05) is 13.1 Å². The molecule has 0 atom stereocenters. The Labute approximate surface area is 104 Å². The summed E-state index contributed by atoms with van der Waals surface area (Å²) < 4.78 is 0. The van der Waals surface area contributed by atoms with Crippen LogP contribution in [0, 0.1) is 0 Å². The highest BCUT2D eigenvalue weighted by Gasteiger charge is 2.30. The Morgan fingerprint density at radius 3 is 2.47 bits per heavy atom. The van der Waals surface area contributed by atoms with Gasteiger partial charge in [-0.1, -0.05) is 36.4 Å². The standard InChI is InChI=1S/C15H21NO/c1-2-8-15(17)9-11-16(12-10-15)13-14-6-4-3-5-7-14/h2-7,17H,1,8-13H2. The van der Waals surface area contributed by atoms with Crippen molar-refractivity contribution in [3.05, 3.63) is 48.6 Å². The van der Waals surface area contributed by atoms with Gasteiger partial charge in [-0.2, -0.15) is 0 Å². The van der Waals surface area contributed by atoms with Crippen LogP contribution in [-0.4, -0.2) is 28.7 Å². The van der Waals surface area contributed by atoms with Crippen molar-refractivity contribution in [2.24, 2.45) is 0 Å². The zero-order valence-electron chi connectivity index (χ0n) is 10.3. The van der Waals surface area contributed by atoms with Gasteiger partial charge in [-0.3, -0.25) is 4.90 Å². The maximum atomic E-state index is 10.3. The van der Waals surface area contributed by atoms with Gasteiger partial charge in [0.15, 0.2) is 0 Å². The molecule has 17 heavy (non-hydrogen) atoms. The van der Waals surface area contributed by atoms with Crippen molar-refractivity contribution in [2.45, 2.75) is 31.4 Å². The first kappa shape index (κ1) is 12.3. The molecule has 1 heterocycles. The van der Waals surface area contributed by atoms with E-state index in [1.165, 1.54) is 5.56 Å². The highest BCUT2D eigenvalue weighted by molar-refractivity contribution is 5.14. The van der Waals surface area contributed by atoms with Gasteiger partial charge in [0.1, 0.15) is 0 Å². The van der Waals surface area contributed by atoms with E-state index >= 15 is 0 Å². The number of likely N-dealkylation sites (tertiary alicyclic amines) is 1. The van der Waals surface area contributed by atoms with Crippen LogP contribution in [0.1, 0.15) is 24.8 Å². The Kier molecular flexibility index (Phi) is 3.97. The first-order valence-electron chi connectivity index (χ1n) is 6.31. The van der Waals surface area contributed by atoms with Gasteiger partial charge in [0.25, 0.3) is 0 Å². The predicted molar refractivity (Wildman–Crippen MR) is 70.7 cm³/mol. The van der Waals surface area contributed by atoms with Crippen molar-refractivity contribution < 1.29 is 5.11 Å². The van der Waals surface area contributed by atoms with Crippen LogP contribution in [0.2, 0.25) is 0 Å². The van der Waals surface area contributed by atoms with E-state index in [1.807, 2.05) is 12.1 Å². The molecule has 1 N–H and O–H groups in total. The minimum Gasteiger partial charge on any atom is -0.389 e. The van der Waals surface area contributed by atoms with E-state index < -0.39 is 5.60 Å². The highest BCUT2D eigenvalue weighted by Crippen LogP contribution is 2.26. The summed E-state index contributed by atoms with van der Waals surface area (Å²) in [5.74, 6) is 0. The van der Waals surface area contributed by atoms with E-state index in [0.717, 1.165) is 32.5 Å². The summed E-state index contributed by atoms with van der Waals surface area (Å²) in [4.78, 5) is 2.41. The number of aliphatic hydroxyl groups is 1. The average molecular weight is 231 g/mol. The number of rotatable bonds is 4. The highest BCUT2D eigenvalue weighted by atomic mass is 16.3. The molecule has 0 aromatic heterocycles. The molecule has 0 amide bonds. The maximum absolute atomic E-state index is 10.3. The summed E-state index contributed by atoms with van der Waals surface area (Å²) in [5.41, 5.74) is 0.844. The van der Waals surface area contributed by atoms with Crippen LogP contribution in [0.15, 0.2) is 43.0 Å². The van der Waals surface area contributed by atoms with Crippen LogP contribution in [0.3, 0.4) is 0 Å². The second-order valence-electron chi connectivity index (χ2n) is 4.98. The molecule has 0 aliphatic carbocycles. The largest absolute Gasteiger partial charge is 0.389 e. The lowest BCUT2D eigenvalue weighted by molar-refractivity contribution is -0.0203. The minimum absolute atomic E-state index is 0.505. The summed E-state index contributed by atoms with van der Waals surface area (Å²) in [5, 5.41) is 10.3. The van der Waals surface area contributed by atoms with Crippen molar-refractivity contribution in [3.63, 3.8) is 0 Å². The van der Waals surface area contributed by atoms with Crippen molar-refractivity contribution in [1.82, 2.24) is 4.90 Å². The van der Waals surface area contributed by atoms with Gasteiger partial charge in [0, 0.05) is 19.6 Å². The van der Waals surface area contributed by atoms with Gasteiger partial charge in [-0.15, -0.1) is 6.58 Å². The molecule has 92 valence electrons. The lowest BCUT2D eigenvalue weighted by atomic mass is 9.88. The van der Waals surface area contributed by atoms with Gasteiger partial charge >= 0.3 is 0 Å². The molecule has 0 saturated carbocycles. The molecule has 1 aliphatic heterocycles. The Balaban J connectivity index is 1.85. The fraction of sp³-hybridized carbons (Fsp3) is 0.467. The molecule has 1 fully saturated rings. The lowest BCUT2D eigenvalue weighted by Gasteiger charge is -2.37. The third-order valence-electron chi connectivity index (χ3n) is 3.56. The number of hydrogen-bond acceptors (Lipinski definition) is 2. The van der Waals surface area contributed by atoms with E-state index in [2.05, 4.69) is 35.7 Å². The van der Waals surface area contributed by atoms with Crippen LogP contribution in [-0.2, 0) is 6.54 Å². The Bertz CT molecular complexity index is 352. The molecule has 1 saturated heterocycles. The van der Waals surface area contributed by atoms with Crippen LogP contribution in [0.5, 0.6) is 0 Å². The number of hydrogen-bond donors (Lipinski definition) is 1. The molecule has 0 spiro atoms. The van der Waals surface area contributed by atoms with Crippen molar-refractivity contribution in [1.29, 1.82) is 0 Å². The van der Waals surface area contributed by atoms with E-state index in [1.54, 1.807) is 0 Å². The lowest BCUT2D eigenvalue weighted by Crippen LogP contribution is -2.43. The summed E-state index contributed by atoms with van der Waals surface area (Å²) in [6.45, 7) is 6.65. The SMILES string of the molecule is C=CCC1(O)CCN(Cc2ccccc2)CC1. The van der Waals surface area contributed by atoms with Crippen molar-refractivity contribution >= 4 is 0 Å². The molecular weight excluding hydrogens is 210 g/mol. The fourth-order valence-corrected chi connectivity index (χ4v) is 2.44. The molecular formula is C15H21NO. The van der Waals surface area contributed by atoms with Crippen LogP contribution in [0.4, 0.5) is 0 Å². The molecule has 0 radical (unpaired) electrons. The molecule has 2 heteroatoms. The molecule has 2 rings (SSSR count). The predicted octanol–water partition coefficient (Wildman–Crippen LogP) is 2.59. The third kappa shape index (κ3) is 3.42. The van der Waals surface area contributed by atoms with Gasteiger partial charge in [-0.25, -0.2) is 0 Å². The first-order chi connectivity index (χ1) is 8.22. The van der Waals surface area contributed by atoms with E-state index in [4.69, 9.17) is 0 Å². The summed E-state index contributed by atoms with van der Waals surface area (Å²) in [6.07, 6.45) is 4.25. The number of piperidine rings is 1. The molecule has 0 bridgehead atoms. The van der Waals surface area contributed by atoms with E-state index in [9.17, 15) is 5.11 Å². The van der Waals surface area contributed by atoms with E-state index in [0.29, 0.717) is 6.42 Å². The molecule has 0 unspecified atom stereocenters. The topological polar surface area (TPSA) is 23.5 Å². The molecule has 2 nitrogen and oxygen atoms in total. The van der Waals surface area contributed by atoms with Gasteiger partial charge < -0.3 is 5.11 Å². The summed E-state index contributed by atoms with van der Waals surface area (Å²) >= 11 is 0. The molecule has 1 aliphatic rings. The maximum Gasteiger partial charge on any atom is 0.0706 e. The van der Waals surface area contributed by atoms with E-state index in [-0.39, 0.29) is 0 Å². The zero-order chi connectivity index (χ0) is 12.1. The average Bonchev–Trinajstić information content (AvgIpc) is 2.34. The van der Waals surface area contributed by atoms with Gasteiger partial charge in [-0.05, 0) is 24.8 Å². The smallest absolute Gasteiger partial charge is 0.0706 e. The first-order valence-corrected chi connectivity index (χ1v) is 6.31. The van der Waals surface area contributed by atoms with Gasteiger partial charge in [0.2, 0.25) is 0 Å². The van der Waals surface area contributed by atoms with Crippen LogP contribution < -0.4 is 0 Å². The van der Waals surface area contributed by atoms with Crippen LogP contribution in [0.25, 0.3) is 0 Å². The second kappa shape index (κ2) is 5.48. The Morgan fingerprint density at radius 1 is 1.24 bits per heavy atom. The quantitative estimate of drug-likeness (QED) is 0.805. The Morgan fingerprint density at radius 2 is 1.88 bits per heavy atom. The van der Waals surface area contributed by atoms with Gasteiger partial charge in [0.05, 0.1) is 5.60 Å². The number of nitrogens with zero attached hydrogens (tertiary/aromatic N) is 1. The fourth-order valence-electron chi connectivity index (χ4n) is 2.44. The third-order valence-corrected chi connectivity index (χ3v) is 3.56. The zero-order valence-corrected chi connectivity index (χ0v) is 10.3. The minimum atomic E-state index is -0.505. The van der Waals surface area contributed by atoms with Crippen LogP contribution >= 0.6 is 0 Å². The summed E-state index contributed by atoms with van der Waals surface area (Å²) in [7, 11) is 0.